The lowest BCUT2D eigenvalue weighted by atomic mass is 10.1. The van der Waals surface area contributed by atoms with Gasteiger partial charge in [-0.3, -0.25) is 9.10 Å². The number of benzene rings is 3. The first-order valence-corrected chi connectivity index (χ1v) is 14.8. The molecule has 202 valence electrons. The fourth-order valence-corrected chi connectivity index (χ4v) is 6.47. The van der Waals surface area contributed by atoms with Crippen molar-refractivity contribution < 1.29 is 31.1 Å². The zero-order chi connectivity index (χ0) is 27.3. The molecular formula is C25H26ClN3O7S2. The molecule has 1 aliphatic rings. The third-order valence-corrected chi connectivity index (χ3v) is 9.28. The highest BCUT2D eigenvalue weighted by Crippen LogP contribution is 2.35. The molecule has 0 unspecified atom stereocenters. The number of hydrogen-bond donors (Lipinski definition) is 2. The maximum Gasteiger partial charge on any atom is 0.264 e. The van der Waals surface area contributed by atoms with Crippen LogP contribution in [-0.2, 0) is 36.0 Å². The Morgan fingerprint density at radius 3 is 2.34 bits per heavy atom. The molecule has 1 heterocycles. The van der Waals surface area contributed by atoms with Gasteiger partial charge in [0.25, 0.3) is 15.9 Å². The van der Waals surface area contributed by atoms with Crippen LogP contribution in [0.25, 0.3) is 0 Å². The Morgan fingerprint density at radius 1 is 0.974 bits per heavy atom. The summed E-state index contributed by atoms with van der Waals surface area (Å²) < 4.78 is 64.9. The maximum atomic E-state index is 13.2. The second kappa shape index (κ2) is 11.7. The maximum absolute atomic E-state index is 13.2. The van der Waals surface area contributed by atoms with Gasteiger partial charge in [0.05, 0.1) is 22.1 Å². The summed E-state index contributed by atoms with van der Waals surface area (Å²) in [5, 5.41) is 3.14. The fraction of sp³-hybridized carbons (Fsp3) is 0.240. The molecule has 0 bridgehead atoms. The molecule has 0 fully saturated rings. The van der Waals surface area contributed by atoms with Crippen LogP contribution < -0.4 is 19.1 Å². The third kappa shape index (κ3) is 6.45. The van der Waals surface area contributed by atoms with Crippen LogP contribution >= 0.6 is 11.6 Å². The van der Waals surface area contributed by atoms with Gasteiger partial charge in [-0.05, 0) is 72.6 Å². The SMILES string of the molecule is COCCNS(=O)(=O)c1ccc(OCC(=O)Nc2ccc3c(c2)N(S(=O)(=O)c2ccc(Cl)cc2)CC3)cc1. The number of ether oxygens (including phenoxy) is 2. The lowest BCUT2D eigenvalue weighted by molar-refractivity contribution is -0.118. The van der Waals surface area contributed by atoms with Crippen molar-refractivity contribution in [3.05, 3.63) is 77.3 Å². The van der Waals surface area contributed by atoms with Crippen LogP contribution in [-0.4, -0.2) is 56.2 Å². The summed E-state index contributed by atoms with van der Waals surface area (Å²) in [5.41, 5.74) is 1.76. The first kappa shape index (κ1) is 27.9. The van der Waals surface area contributed by atoms with E-state index in [1.807, 2.05) is 0 Å². The van der Waals surface area contributed by atoms with Crippen LogP contribution in [0, 0.1) is 0 Å². The van der Waals surface area contributed by atoms with Gasteiger partial charge in [0.1, 0.15) is 5.75 Å². The van der Waals surface area contributed by atoms with E-state index in [-0.39, 0.29) is 36.1 Å². The number of amides is 1. The van der Waals surface area contributed by atoms with Crippen molar-refractivity contribution in [2.45, 2.75) is 16.2 Å². The Labute approximate surface area is 226 Å². The van der Waals surface area contributed by atoms with E-state index >= 15 is 0 Å². The number of nitrogens with one attached hydrogen (secondary N) is 2. The molecule has 1 amide bonds. The molecule has 0 saturated heterocycles. The predicted molar refractivity (Wildman–Crippen MR) is 144 cm³/mol. The number of hydrogen-bond acceptors (Lipinski definition) is 7. The molecule has 0 aromatic heterocycles. The average molecular weight is 580 g/mol. The molecule has 0 aliphatic carbocycles. The number of rotatable bonds is 11. The van der Waals surface area contributed by atoms with Crippen molar-refractivity contribution in [3.8, 4) is 5.75 Å². The Kier molecular flexibility index (Phi) is 8.58. The fourth-order valence-electron chi connectivity index (χ4n) is 3.83. The largest absolute Gasteiger partial charge is 0.484 e. The van der Waals surface area contributed by atoms with Crippen molar-refractivity contribution in [1.29, 1.82) is 0 Å². The van der Waals surface area contributed by atoms with Crippen LogP contribution in [0.4, 0.5) is 11.4 Å². The van der Waals surface area contributed by atoms with Gasteiger partial charge in [-0.1, -0.05) is 17.7 Å². The van der Waals surface area contributed by atoms with E-state index in [2.05, 4.69) is 10.0 Å². The van der Waals surface area contributed by atoms with Crippen molar-refractivity contribution >= 4 is 48.9 Å². The van der Waals surface area contributed by atoms with Crippen molar-refractivity contribution in [2.75, 3.05) is 43.0 Å². The van der Waals surface area contributed by atoms with Crippen molar-refractivity contribution in [2.24, 2.45) is 0 Å². The highest BCUT2D eigenvalue weighted by Gasteiger charge is 2.31. The predicted octanol–water partition coefficient (Wildman–Crippen LogP) is 3.03. The molecule has 2 N–H and O–H groups in total. The lowest BCUT2D eigenvalue weighted by Gasteiger charge is -2.20. The zero-order valence-electron chi connectivity index (χ0n) is 20.4. The van der Waals surface area contributed by atoms with Gasteiger partial charge in [-0.2, -0.15) is 0 Å². The number of fused-ring (bicyclic) bond motifs is 1. The molecule has 1 aliphatic heterocycles. The van der Waals surface area contributed by atoms with E-state index < -0.39 is 26.0 Å². The van der Waals surface area contributed by atoms with Crippen LogP contribution in [0.2, 0.25) is 5.02 Å². The topological polar surface area (TPSA) is 131 Å². The Morgan fingerprint density at radius 2 is 1.66 bits per heavy atom. The molecule has 0 atom stereocenters. The molecule has 4 rings (SSSR count). The van der Waals surface area contributed by atoms with Crippen LogP contribution in [0.1, 0.15) is 5.56 Å². The van der Waals surface area contributed by atoms with Crippen LogP contribution in [0.3, 0.4) is 0 Å². The summed E-state index contributed by atoms with van der Waals surface area (Å²) in [6, 6.07) is 16.7. The summed E-state index contributed by atoms with van der Waals surface area (Å²) in [7, 11) is -6.00. The van der Waals surface area contributed by atoms with Gasteiger partial charge >= 0.3 is 0 Å². The molecule has 0 spiro atoms. The molecule has 0 radical (unpaired) electrons. The molecule has 10 nitrogen and oxygen atoms in total. The van der Waals surface area contributed by atoms with E-state index in [1.165, 1.54) is 59.9 Å². The van der Waals surface area contributed by atoms with Gasteiger partial charge in [0.2, 0.25) is 10.0 Å². The standard InChI is InChI=1S/C25H26ClN3O7S2/c1-35-15-13-27-37(31,32)22-10-6-21(7-11-22)36-17-25(30)28-20-5-2-18-12-14-29(24(18)16-20)38(33,34)23-8-3-19(26)4-9-23/h2-11,16,27H,12-15,17H2,1H3,(H,28,30). The number of sulfonamides is 2. The smallest absolute Gasteiger partial charge is 0.264 e. The van der Waals surface area contributed by atoms with E-state index in [1.54, 1.807) is 18.2 Å². The van der Waals surface area contributed by atoms with Gasteiger partial charge in [0, 0.05) is 30.9 Å². The second-order valence-electron chi connectivity index (χ2n) is 8.32. The van der Waals surface area contributed by atoms with E-state index in [0.717, 1.165) is 5.56 Å². The number of anilines is 2. The van der Waals surface area contributed by atoms with Gasteiger partial charge in [0.15, 0.2) is 6.61 Å². The number of methoxy groups -OCH3 is 1. The minimum atomic E-state index is -3.80. The Hall–Kier alpha value is -3.16. The zero-order valence-corrected chi connectivity index (χ0v) is 22.8. The highest BCUT2D eigenvalue weighted by molar-refractivity contribution is 7.92. The second-order valence-corrected chi connectivity index (χ2v) is 12.4. The van der Waals surface area contributed by atoms with E-state index in [0.29, 0.717) is 28.6 Å². The van der Waals surface area contributed by atoms with Crippen molar-refractivity contribution in [1.82, 2.24) is 4.72 Å². The van der Waals surface area contributed by atoms with E-state index in [9.17, 15) is 21.6 Å². The molecule has 3 aromatic rings. The minimum Gasteiger partial charge on any atom is -0.484 e. The van der Waals surface area contributed by atoms with Gasteiger partial charge < -0.3 is 14.8 Å². The summed E-state index contributed by atoms with van der Waals surface area (Å²) in [6.07, 6.45) is 0.549. The highest BCUT2D eigenvalue weighted by atomic mass is 35.5. The molecule has 13 heteroatoms. The lowest BCUT2D eigenvalue weighted by Crippen LogP contribution is -2.29. The van der Waals surface area contributed by atoms with Crippen LogP contribution in [0.5, 0.6) is 5.75 Å². The summed E-state index contributed by atoms with van der Waals surface area (Å²) >= 11 is 5.89. The first-order valence-electron chi connectivity index (χ1n) is 11.5. The normalized spacial score (nSPS) is 13.3. The number of halogens is 1. The average Bonchev–Trinajstić information content (AvgIpc) is 3.32. The summed E-state index contributed by atoms with van der Waals surface area (Å²) in [5.74, 6) is -0.154. The summed E-state index contributed by atoms with van der Waals surface area (Å²) in [6.45, 7) is 0.344. The van der Waals surface area contributed by atoms with Gasteiger partial charge in [-0.15, -0.1) is 0 Å². The molecule has 38 heavy (non-hydrogen) atoms. The van der Waals surface area contributed by atoms with Crippen molar-refractivity contribution in [3.63, 3.8) is 0 Å². The Balaban J connectivity index is 1.38. The first-order chi connectivity index (χ1) is 18.1. The Bertz CT molecular complexity index is 1510. The molecular weight excluding hydrogens is 554 g/mol. The molecule has 0 saturated carbocycles. The quantitative estimate of drug-likeness (QED) is 0.334. The third-order valence-electron chi connectivity index (χ3n) is 5.73. The minimum absolute atomic E-state index is 0.0571. The number of carbonyl (C=O) groups excluding carboxylic acids is 1. The number of nitrogens with zero attached hydrogens (tertiary/aromatic N) is 1. The summed E-state index contributed by atoms with van der Waals surface area (Å²) in [4.78, 5) is 12.7. The monoisotopic (exact) mass is 579 g/mol. The van der Waals surface area contributed by atoms with Gasteiger partial charge in [-0.25, -0.2) is 21.6 Å². The number of carbonyl (C=O) groups is 1. The van der Waals surface area contributed by atoms with Crippen LogP contribution in [0.15, 0.2) is 76.5 Å². The van der Waals surface area contributed by atoms with E-state index in [4.69, 9.17) is 21.1 Å². The molecule has 3 aromatic carbocycles.